The van der Waals surface area contributed by atoms with Crippen LogP contribution in [0.4, 0.5) is 5.82 Å². The van der Waals surface area contributed by atoms with Gasteiger partial charge in [-0.25, -0.2) is 28.6 Å². The summed E-state index contributed by atoms with van der Waals surface area (Å²) in [6.45, 7) is 8.12. The summed E-state index contributed by atoms with van der Waals surface area (Å²) >= 11 is 0.984. The van der Waals surface area contributed by atoms with Crippen molar-refractivity contribution in [2.45, 2.75) is 89.4 Å². The highest BCUT2D eigenvalue weighted by atomic mass is 32.2. The van der Waals surface area contributed by atoms with Crippen LogP contribution in [0.25, 0.3) is 11.2 Å². The van der Waals surface area contributed by atoms with Gasteiger partial charge in [0.05, 0.1) is 19.5 Å². The number of allylic oxidation sites excluding steroid dienone is 2. The zero-order valence-electron chi connectivity index (χ0n) is 34.1. The van der Waals surface area contributed by atoms with Crippen LogP contribution in [0.15, 0.2) is 37.0 Å². The van der Waals surface area contributed by atoms with Gasteiger partial charge in [-0.3, -0.25) is 37.3 Å². The number of rotatable bonds is 28. The van der Waals surface area contributed by atoms with Crippen molar-refractivity contribution in [3.63, 3.8) is 0 Å². The molecule has 30 heteroatoms. The van der Waals surface area contributed by atoms with Gasteiger partial charge in [0.25, 0.3) is 0 Å². The lowest BCUT2D eigenvalue weighted by atomic mass is 9.87. The number of anilines is 1. The zero-order valence-corrected chi connectivity index (χ0v) is 37.6. The number of carboxylic acid groups (broad SMARTS) is 1. The fraction of sp³-hybridized carbons (Fsp3) is 0.606. The van der Waals surface area contributed by atoms with Crippen molar-refractivity contribution in [1.29, 1.82) is 0 Å². The zero-order chi connectivity index (χ0) is 47.3. The molecule has 1 fully saturated rings. The van der Waals surface area contributed by atoms with Gasteiger partial charge in [0.15, 0.2) is 22.8 Å². The average Bonchev–Trinajstić information content (AvgIpc) is 3.74. The van der Waals surface area contributed by atoms with E-state index in [1.165, 1.54) is 13.8 Å². The molecule has 2 amide bonds. The number of aliphatic carboxylic acids is 1. The molecule has 2 aromatic heterocycles. The maximum atomic E-state index is 12.7. The average molecular weight is 976 g/mol. The Morgan fingerprint density at radius 1 is 0.968 bits per heavy atom. The number of carbonyl (C=O) groups is 4. The summed E-state index contributed by atoms with van der Waals surface area (Å²) in [5, 5.41) is 34.9. The molecule has 2 aromatic rings. The number of ether oxygens (including phenoxy) is 1. The van der Waals surface area contributed by atoms with Crippen LogP contribution in [0.2, 0.25) is 0 Å². The number of aliphatic hydroxyl groups excluding tert-OH is 2. The molecule has 1 aliphatic heterocycles. The molecule has 0 bridgehead atoms. The predicted molar refractivity (Wildman–Crippen MR) is 221 cm³/mol. The summed E-state index contributed by atoms with van der Waals surface area (Å²) in [6, 6.07) is 0. The number of nitrogens with one attached hydrogen (secondary N) is 2. The van der Waals surface area contributed by atoms with Crippen molar-refractivity contribution in [2.75, 3.05) is 37.8 Å². The first-order chi connectivity index (χ1) is 29.2. The Balaban J connectivity index is 1.40. The normalized spacial score (nSPS) is 20.4. The molecule has 7 atom stereocenters. The summed E-state index contributed by atoms with van der Waals surface area (Å²) in [7, 11) is -16.5. The lowest BCUT2D eigenvalue weighted by molar-refractivity contribution is -0.137. The molecule has 0 saturated carbocycles. The topological polar surface area (TPSA) is 401 Å². The Morgan fingerprint density at radius 3 is 2.30 bits per heavy atom. The molecule has 7 unspecified atom stereocenters. The summed E-state index contributed by atoms with van der Waals surface area (Å²) in [5.41, 5.74) is 5.50. The number of nitrogens with zero attached hydrogens (tertiary/aromatic N) is 4. The second kappa shape index (κ2) is 23.6. The minimum atomic E-state index is -5.59. The van der Waals surface area contributed by atoms with E-state index in [-0.39, 0.29) is 60.2 Å². The minimum absolute atomic E-state index is 0.0208. The van der Waals surface area contributed by atoms with Crippen LogP contribution in [0.5, 0.6) is 0 Å². The van der Waals surface area contributed by atoms with Crippen molar-refractivity contribution < 1.29 is 90.4 Å². The molecule has 63 heavy (non-hydrogen) atoms. The number of unbranched alkanes of at least 4 members (excludes halogenated alkanes) is 2. The molecule has 354 valence electrons. The predicted octanol–water partition coefficient (Wildman–Crippen LogP) is 1.20. The third kappa shape index (κ3) is 17.8. The van der Waals surface area contributed by atoms with Gasteiger partial charge in [-0.2, -0.15) is 4.31 Å². The summed E-state index contributed by atoms with van der Waals surface area (Å²) < 4.78 is 62.2. The third-order valence-electron chi connectivity index (χ3n) is 8.99. The van der Waals surface area contributed by atoms with Crippen molar-refractivity contribution in [1.82, 2.24) is 30.2 Å². The van der Waals surface area contributed by atoms with Gasteiger partial charge < -0.3 is 56.0 Å². The van der Waals surface area contributed by atoms with Gasteiger partial charge >= 0.3 is 29.4 Å². The number of amides is 2. The Labute approximate surface area is 364 Å². The number of fused-ring (bicyclic) bond motifs is 1. The van der Waals surface area contributed by atoms with Gasteiger partial charge in [0, 0.05) is 43.5 Å². The number of phosphoric acid groups is 3. The van der Waals surface area contributed by atoms with E-state index in [1.807, 2.05) is 0 Å². The van der Waals surface area contributed by atoms with Crippen molar-refractivity contribution >= 4 is 75.1 Å². The van der Waals surface area contributed by atoms with Crippen LogP contribution < -0.4 is 16.4 Å². The van der Waals surface area contributed by atoms with E-state index in [0.717, 1.165) is 35.4 Å². The second-order valence-corrected chi connectivity index (χ2v) is 20.0. The van der Waals surface area contributed by atoms with E-state index in [4.69, 9.17) is 24.6 Å². The number of carboxylic acids is 1. The molecule has 1 aliphatic rings. The van der Waals surface area contributed by atoms with E-state index in [0.29, 0.717) is 30.4 Å². The van der Waals surface area contributed by atoms with Crippen molar-refractivity contribution in [3.8, 4) is 0 Å². The number of imidazole rings is 1. The van der Waals surface area contributed by atoms with E-state index in [1.54, 1.807) is 0 Å². The Hall–Kier alpha value is -3.49. The summed E-state index contributed by atoms with van der Waals surface area (Å²) in [6.07, 6.45) is -4.32. The van der Waals surface area contributed by atoms with Crippen LogP contribution in [0, 0.1) is 5.41 Å². The number of aliphatic hydroxyl groups is 2. The van der Waals surface area contributed by atoms with E-state index in [2.05, 4.69) is 47.6 Å². The first-order valence-electron chi connectivity index (χ1n) is 18.8. The van der Waals surface area contributed by atoms with Crippen molar-refractivity contribution in [3.05, 3.63) is 37.0 Å². The molecule has 1 saturated heterocycles. The molecular formula is C33H52N7O19P3S. The SMILES string of the molecule is C=C(CCCCCC(=O)O)C(=C)CC(=O)SCCNC(=O)CCNC(=O)C(O)C(C)(C)COP(=O)(O)OP(=O)(O)OCC1OC(n2cnc3c(N)ncnc32)C(O)C1OP(=O)(O)O. The summed E-state index contributed by atoms with van der Waals surface area (Å²) in [5.74, 6) is -2.14. The maximum Gasteiger partial charge on any atom is 0.481 e. The number of carbonyl (C=O) groups excluding carboxylic acids is 3. The number of hydrogen-bond donors (Lipinski definition) is 10. The lowest BCUT2D eigenvalue weighted by Crippen LogP contribution is -2.46. The van der Waals surface area contributed by atoms with E-state index >= 15 is 0 Å². The van der Waals surface area contributed by atoms with E-state index in [9.17, 15) is 62.7 Å². The van der Waals surface area contributed by atoms with Crippen LogP contribution in [-0.4, -0.2) is 134 Å². The second-order valence-electron chi connectivity index (χ2n) is 14.6. The van der Waals surface area contributed by atoms with E-state index < -0.39 is 90.5 Å². The molecule has 3 heterocycles. The minimum Gasteiger partial charge on any atom is -0.481 e. The molecule has 3 rings (SSSR count). The smallest absolute Gasteiger partial charge is 0.481 e. The highest BCUT2D eigenvalue weighted by Crippen LogP contribution is 2.61. The van der Waals surface area contributed by atoms with Gasteiger partial charge in [-0.1, -0.05) is 50.8 Å². The maximum absolute atomic E-state index is 12.7. The highest BCUT2D eigenvalue weighted by molar-refractivity contribution is 8.13. The van der Waals surface area contributed by atoms with Crippen molar-refractivity contribution in [2.24, 2.45) is 5.41 Å². The highest BCUT2D eigenvalue weighted by Gasteiger charge is 2.50. The quantitative estimate of drug-likeness (QED) is 0.0325. The number of nitrogen functional groups attached to an aromatic ring is 1. The van der Waals surface area contributed by atoms with Crippen LogP contribution in [0.3, 0.4) is 0 Å². The van der Waals surface area contributed by atoms with Crippen LogP contribution in [0.1, 0.15) is 65.0 Å². The molecule has 11 N–H and O–H groups in total. The fourth-order valence-corrected chi connectivity index (χ4v) is 9.15. The molecule has 0 aromatic carbocycles. The van der Waals surface area contributed by atoms with Crippen LogP contribution in [-0.2, 0) is 55.5 Å². The van der Waals surface area contributed by atoms with Crippen LogP contribution >= 0.6 is 35.2 Å². The summed E-state index contributed by atoms with van der Waals surface area (Å²) in [4.78, 5) is 98.8. The first-order valence-corrected chi connectivity index (χ1v) is 24.3. The molecule has 26 nitrogen and oxygen atoms in total. The Morgan fingerprint density at radius 2 is 1.63 bits per heavy atom. The Kier molecular flexibility index (Phi) is 20.2. The van der Waals surface area contributed by atoms with Gasteiger partial charge in [-0.05, 0) is 24.8 Å². The van der Waals surface area contributed by atoms with Gasteiger partial charge in [-0.15, -0.1) is 0 Å². The lowest BCUT2D eigenvalue weighted by Gasteiger charge is -2.30. The molecule has 0 radical (unpaired) electrons. The number of phosphoric ester groups is 3. The fourth-order valence-electron chi connectivity index (χ4n) is 5.61. The number of hydrogen-bond acceptors (Lipinski definition) is 19. The van der Waals surface area contributed by atoms with Gasteiger partial charge in [0.2, 0.25) is 11.8 Å². The molecular weight excluding hydrogens is 923 g/mol. The monoisotopic (exact) mass is 975 g/mol. The third-order valence-corrected chi connectivity index (χ3v) is 13.0. The first kappa shape index (κ1) is 53.8. The Bertz CT molecular complexity index is 2120. The number of thioether (sulfide) groups is 1. The van der Waals surface area contributed by atoms with Gasteiger partial charge in [0.1, 0.15) is 36.3 Å². The molecule has 0 spiro atoms. The molecule has 0 aliphatic carbocycles. The standard InChI is InChI=1S/C33H52N7O19P3S/c1-19(8-6-5-7-9-23(42)43)20(2)14-24(44)63-13-12-35-22(41)10-11-36-31(47)28(46)33(3,4)16-56-62(53,54)59-61(51,52)55-15-21-27(58-60(48,49)50)26(45)32(57-21)40-18-39-25-29(34)37-17-38-30(25)40/h17-18,21,26-28,32,45-46H,1-2,5-16H2,3-4H3,(H,35,41)(H,36,47)(H,42,43)(H,51,52)(H,53,54)(H2,34,37,38)(H2,48,49,50). The number of nitrogens with two attached hydrogens (primary N) is 1. The number of aromatic nitrogens is 4. The largest absolute Gasteiger partial charge is 0.481 e.